The van der Waals surface area contributed by atoms with Crippen molar-refractivity contribution < 1.29 is 23.0 Å². The zero-order valence-corrected chi connectivity index (χ0v) is 20.3. The Morgan fingerprint density at radius 1 is 1.21 bits per heavy atom. The molecule has 0 saturated carbocycles. The molecule has 0 spiro atoms. The summed E-state index contributed by atoms with van der Waals surface area (Å²) in [6.45, 7) is 6.92. The number of sulfone groups is 1. The van der Waals surface area contributed by atoms with Crippen LogP contribution in [0.25, 0.3) is 11.4 Å². The highest BCUT2D eigenvalue weighted by molar-refractivity contribution is 7.91. The minimum absolute atomic E-state index is 0.102. The monoisotopic (exact) mass is 488 g/mol. The van der Waals surface area contributed by atoms with Gasteiger partial charge in [0, 0.05) is 18.6 Å². The van der Waals surface area contributed by atoms with Crippen LogP contribution in [0.4, 0.5) is 0 Å². The Morgan fingerprint density at radius 3 is 2.62 bits per heavy atom. The first-order chi connectivity index (χ1) is 16.2. The molecule has 3 aromatic rings. The van der Waals surface area contributed by atoms with Gasteiger partial charge < -0.3 is 19.1 Å². The van der Waals surface area contributed by atoms with E-state index in [0.29, 0.717) is 23.1 Å². The molecule has 3 aromatic heterocycles. The van der Waals surface area contributed by atoms with Crippen LogP contribution in [0.15, 0.2) is 30.7 Å². The maximum absolute atomic E-state index is 13.6. The smallest absolute Gasteiger partial charge is 0.224 e. The van der Waals surface area contributed by atoms with E-state index in [0.717, 1.165) is 5.56 Å². The average Bonchev–Trinajstić information content (AvgIpc) is 3.12. The van der Waals surface area contributed by atoms with Crippen molar-refractivity contribution in [3.05, 3.63) is 47.9 Å². The van der Waals surface area contributed by atoms with Gasteiger partial charge in [0.1, 0.15) is 24.3 Å². The lowest BCUT2D eigenvalue weighted by molar-refractivity contribution is 0.00140. The molecule has 3 atom stereocenters. The van der Waals surface area contributed by atoms with Crippen LogP contribution >= 0.6 is 0 Å². The van der Waals surface area contributed by atoms with Crippen molar-refractivity contribution in [3.63, 3.8) is 0 Å². The minimum atomic E-state index is -3.81. The highest BCUT2D eigenvalue weighted by Gasteiger charge is 2.37. The van der Waals surface area contributed by atoms with E-state index in [1.165, 1.54) is 0 Å². The van der Waals surface area contributed by atoms with Gasteiger partial charge in [0.15, 0.2) is 21.5 Å². The second kappa shape index (κ2) is 9.72. The van der Waals surface area contributed by atoms with E-state index in [1.54, 1.807) is 42.2 Å². The lowest BCUT2D eigenvalue weighted by Crippen LogP contribution is -2.32. The molecule has 1 aliphatic heterocycles. The number of ether oxygens (including phenoxy) is 2. The molecule has 0 bridgehead atoms. The predicted octanol–water partition coefficient (Wildman–Crippen LogP) is 1.83. The predicted molar refractivity (Wildman–Crippen MR) is 123 cm³/mol. The third kappa shape index (κ3) is 4.79. The number of pyridine rings is 1. The van der Waals surface area contributed by atoms with Crippen molar-refractivity contribution in [1.29, 1.82) is 0 Å². The zero-order valence-electron chi connectivity index (χ0n) is 19.5. The summed E-state index contributed by atoms with van der Waals surface area (Å²) in [5.41, 5.74) is 1.44. The standard InChI is InChI=1S/C22H28N6O5S/c1-13(2)33-19(20-24-8-14(3)9-25-20)15(4)34(30,31)12-18-26-27-21-17-6-5-7-23-22(17)32-11-16(10-29)28(18)21/h5-9,13,15-16,19,29H,10-12H2,1-4H3/t15-,16+,19-/m0/s1. The van der Waals surface area contributed by atoms with Gasteiger partial charge in [0.2, 0.25) is 5.88 Å². The molecular weight excluding hydrogens is 460 g/mol. The fraction of sp³-hybridized carbons (Fsp3) is 0.500. The maximum Gasteiger partial charge on any atom is 0.224 e. The number of hydrogen-bond donors (Lipinski definition) is 1. The van der Waals surface area contributed by atoms with E-state index in [1.807, 2.05) is 20.8 Å². The summed E-state index contributed by atoms with van der Waals surface area (Å²) in [7, 11) is -3.81. The quantitative estimate of drug-likeness (QED) is 0.499. The van der Waals surface area contributed by atoms with E-state index in [9.17, 15) is 13.5 Å². The summed E-state index contributed by atoms with van der Waals surface area (Å²) >= 11 is 0. The van der Waals surface area contributed by atoms with Crippen molar-refractivity contribution in [1.82, 2.24) is 29.7 Å². The number of aliphatic hydroxyl groups excluding tert-OH is 1. The molecule has 4 rings (SSSR count). The third-order valence-corrected chi connectivity index (χ3v) is 7.60. The van der Waals surface area contributed by atoms with E-state index in [2.05, 4.69) is 25.1 Å². The molecule has 0 unspecified atom stereocenters. The van der Waals surface area contributed by atoms with E-state index >= 15 is 0 Å². The van der Waals surface area contributed by atoms with Crippen LogP contribution in [0.1, 0.15) is 50.1 Å². The van der Waals surface area contributed by atoms with Crippen LogP contribution in [0.5, 0.6) is 5.88 Å². The summed E-state index contributed by atoms with van der Waals surface area (Å²) in [5.74, 6) is 0.856. The Kier molecular flexibility index (Phi) is 6.91. The topological polar surface area (TPSA) is 142 Å². The summed E-state index contributed by atoms with van der Waals surface area (Å²) in [6, 6.07) is 2.93. The lowest BCUT2D eigenvalue weighted by atomic mass is 10.2. The highest BCUT2D eigenvalue weighted by Crippen LogP contribution is 2.34. The van der Waals surface area contributed by atoms with E-state index in [4.69, 9.17) is 9.47 Å². The first-order valence-electron chi connectivity index (χ1n) is 11.0. The van der Waals surface area contributed by atoms with Gasteiger partial charge in [0.25, 0.3) is 0 Å². The third-order valence-electron chi connectivity index (χ3n) is 5.56. The number of rotatable bonds is 8. The van der Waals surface area contributed by atoms with Crippen LogP contribution in [0, 0.1) is 6.92 Å². The Labute approximate surface area is 198 Å². The molecule has 11 nitrogen and oxygen atoms in total. The van der Waals surface area contributed by atoms with Crippen LogP contribution in [0.3, 0.4) is 0 Å². The van der Waals surface area contributed by atoms with Crippen molar-refractivity contribution in [2.45, 2.75) is 56.9 Å². The van der Waals surface area contributed by atoms with Gasteiger partial charge in [-0.05, 0) is 45.4 Å². The SMILES string of the molecule is Cc1cnc([C@@H](OC(C)C)[C@H](C)S(=O)(=O)Cc2nnc3n2[C@H](CO)COc2ncccc2-3)nc1. The molecule has 182 valence electrons. The molecule has 34 heavy (non-hydrogen) atoms. The summed E-state index contributed by atoms with van der Waals surface area (Å²) in [5, 5.41) is 17.4. The van der Waals surface area contributed by atoms with Gasteiger partial charge in [-0.25, -0.2) is 23.4 Å². The number of hydrogen-bond acceptors (Lipinski definition) is 10. The van der Waals surface area contributed by atoms with Crippen LogP contribution in [0.2, 0.25) is 0 Å². The van der Waals surface area contributed by atoms with E-state index in [-0.39, 0.29) is 25.1 Å². The fourth-order valence-electron chi connectivity index (χ4n) is 3.77. The normalized spacial score (nSPS) is 17.4. The number of nitrogens with zero attached hydrogens (tertiary/aromatic N) is 6. The van der Waals surface area contributed by atoms with Gasteiger partial charge in [-0.15, -0.1) is 10.2 Å². The summed E-state index contributed by atoms with van der Waals surface area (Å²) < 4.78 is 40.4. The Balaban J connectivity index is 1.69. The molecule has 0 radical (unpaired) electrons. The van der Waals surface area contributed by atoms with Gasteiger partial charge in [-0.1, -0.05) is 0 Å². The van der Waals surface area contributed by atoms with Gasteiger partial charge >= 0.3 is 0 Å². The number of aliphatic hydroxyl groups is 1. The Hall–Kier alpha value is -2.96. The maximum atomic E-state index is 13.6. The highest BCUT2D eigenvalue weighted by atomic mass is 32.2. The van der Waals surface area contributed by atoms with Gasteiger partial charge in [-0.3, -0.25) is 0 Å². The average molecular weight is 489 g/mol. The van der Waals surface area contributed by atoms with Crippen LogP contribution < -0.4 is 4.74 Å². The second-order valence-corrected chi connectivity index (χ2v) is 10.9. The molecule has 0 amide bonds. The van der Waals surface area contributed by atoms with Crippen molar-refractivity contribution in [2.75, 3.05) is 13.2 Å². The molecule has 1 aliphatic rings. The molecule has 1 N–H and O–H groups in total. The molecule has 0 aliphatic carbocycles. The van der Waals surface area contributed by atoms with Gasteiger partial charge in [0.05, 0.1) is 29.6 Å². The molecule has 0 aromatic carbocycles. The molecule has 0 fully saturated rings. The van der Waals surface area contributed by atoms with Crippen LogP contribution in [-0.2, 0) is 20.3 Å². The first-order valence-corrected chi connectivity index (χ1v) is 12.7. The number of fused-ring (bicyclic) bond motifs is 3. The fourth-order valence-corrected chi connectivity index (χ4v) is 5.16. The lowest BCUT2D eigenvalue weighted by Gasteiger charge is -2.25. The van der Waals surface area contributed by atoms with Crippen molar-refractivity contribution in [2.24, 2.45) is 0 Å². The van der Waals surface area contributed by atoms with Crippen molar-refractivity contribution in [3.8, 4) is 17.3 Å². The molecule has 12 heteroatoms. The number of aryl methyl sites for hydroxylation is 1. The molecule has 0 saturated heterocycles. The minimum Gasteiger partial charge on any atom is -0.475 e. The first kappa shape index (κ1) is 24.2. The zero-order chi connectivity index (χ0) is 24.5. The molecular formula is C22H28N6O5S. The Morgan fingerprint density at radius 2 is 1.94 bits per heavy atom. The van der Waals surface area contributed by atoms with Crippen molar-refractivity contribution >= 4 is 9.84 Å². The largest absolute Gasteiger partial charge is 0.475 e. The van der Waals surface area contributed by atoms with Crippen LogP contribution in [-0.4, -0.2) is 67.8 Å². The number of aromatic nitrogens is 6. The van der Waals surface area contributed by atoms with E-state index < -0.39 is 33.0 Å². The van der Waals surface area contributed by atoms with Gasteiger partial charge in [-0.2, -0.15) is 0 Å². The summed E-state index contributed by atoms with van der Waals surface area (Å²) in [6.07, 6.45) is 3.76. The summed E-state index contributed by atoms with van der Waals surface area (Å²) in [4.78, 5) is 12.8. The Bertz CT molecular complexity index is 1240. The second-order valence-electron chi connectivity index (χ2n) is 8.55. The molecule has 4 heterocycles.